The predicted molar refractivity (Wildman–Crippen MR) is 114 cm³/mol. The summed E-state index contributed by atoms with van der Waals surface area (Å²) in [6.07, 6.45) is 0.0128. The molecule has 0 aliphatic carbocycles. The molecule has 1 fully saturated rings. The van der Waals surface area contributed by atoms with E-state index >= 15 is 0 Å². The number of rotatable bonds is 5. The van der Waals surface area contributed by atoms with Gasteiger partial charge in [0.25, 0.3) is 12.3 Å². The Morgan fingerprint density at radius 1 is 1.27 bits per heavy atom. The van der Waals surface area contributed by atoms with Crippen LogP contribution >= 0.6 is 0 Å². The lowest BCUT2D eigenvalue weighted by Crippen LogP contribution is -2.30. The molecule has 0 saturated carbocycles. The number of methoxy groups -OCH3 is 1. The van der Waals surface area contributed by atoms with E-state index in [-0.39, 0.29) is 34.5 Å². The highest BCUT2D eigenvalue weighted by atomic mass is 19.3. The van der Waals surface area contributed by atoms with Gasteiger partial charge in [0.1, 0.15) is 28.5 Å². The van der Waals surface area contributed by atoms with Crippen molar-refractivity contribution in [3.05, 3.63) is 65.3 Å². The van der Waals surface area contributed by atoms with Crippen molar-refractivity contribution < 1.29 is 22.8 Å². The highest BCUT2D eigenvalue weighted by molar-refractivity contribution is 6.00. The van der Waals surface area contributed by atoms with Crippen molar-refractivity contribution in [2.75, 3.05) is 13.7 Å². The van der Waals surface area contributed by atoms with E-state index in [0.717, 1.165) is 17.4 Å². The van der Waals surface area contributed by atoms with Crippen molar-refractivity contribution in [3.63, 3.8) is 0 Å². The van der Waals surface area contributed by atoms with Crippen LogP contribution in [0.4, 0.5) is 8.78 Å². The number of carbonyl (C=O) groups excluding carboxylic acids is 1. The Kier molecular flexibility index (Phi) is 5.27. The number of fused-ring (bicyclic) bond motifs is 1. The quantitative estimate of drug-likeness (QED) is 0.439. The summed E-state index contributed by atoms with van der Waals surface area (Å²) < 4.78 is 39.5. The summed E-state index contributed by atoms with van der Waals surface area (Å²) in [5, 5.41) is 8.14. The number of aromatic nitrogens is 4. The molecule has 0 N–H and O–H groups in total. The molecule has 0 radical (unpaired) electrons. The second kappa shape index (κ2) is 8.27. The van der Waals surface area contributed by atoms with Crippen LogP contribution in [-0.4, -0.2) is 44.2 Å². The predicted octanol–water partition coefficient (Wildman–Crippen LogP) is 4.62. The van der Waals surface area contributed by atoms with Crippen molar-refractivity contribution in [3.8, 4) is 17.0 Å². The maximum atomic E-state index is 13.9. The maximum absolute atomic E-state index is 13.9. The molecule has 10 heteroatoms. The molecule has 4 heterocycles. The number of ether oxygens (including phenoxy) is 1. The van der Waals surface area contributed by atoms with E-state index < -0.39 is 6.43 Å². The van der Waals surface area contributed by atoms with Crippen LogP contribution in [0, 0.1) is 6.92 Å². The molecule has 0 bridgehead atoms. The van der Waals surface area contributed by atoms with Gasteiger partial charge in [-0.15, -0.1) is 0 Å². The third-order valence-corrected chi connectivity index (χ3v) is 5.84. The van der Waals surface area contributed by atoms with Gasteiger partial charge in [-0.25, -0.2) is 18.3 Å². The molecule has 1 aliphatic rings. The van der Waals surface area contributed by atoms with Crippen LogP contribution in [0.3, 0.4) is 0 Å². The number of para-hydroxylation sites is 1. The first-order valence-corrected chi connectivity index (χ1v) is 10.5. The molecule has 1 aliphatic heterocycles. The molecule has 33 heavy (non-hydrogen) atoms. The van der Waals surface area contributed by atoms with Crippen LogP contribution in [0.2, 0.25) is 0 Å². The zero-order valence-electron chi connectivity index (χ0n) is 18.0. The minimum absolute atomic E-state index is 0.0701. The summed E-state index contributed by atoms with van der Waals surface area (Å²) in [6.45, 7) is 2.30. The Bertz CT molecular complexity index is 1330. The first-order valence-electron chi connectivity index (χ1n) is 10.5. The lowest BCUT2D eigenvalue weighted by molar-refractivity contribution is 0.0732. The van der Waals surface area contributed by atoms with Gasteiger partial charge in [-0.05, 0) is 38.0 Å². The van der Waals surface area contributed by atoms with E-state index in [1.165, 1.54) is 19.4 Å². The smallest absolute Gasteiger partial charge is 0.280 e. The number of halogens is 2. The molecule has 1 aromatic carbocycles. The molecule has 8 nitrogen and oxygen atoms in total. The van der Waals surface area contributed by atoms with Crippen LogP contribution in [0.15, 0.2) is 47.1 Å². The summed E-state index contributed by atoms with van der Waals surface area (Å²) in [5.41, 5.74) is 1.35. The van der Waals surface area contributed by atoms with Crippen LogP contribution in [0.1, 0.15) is 52.8 Å². The highest BCUT2D eigenvalue weighted by Gasteiger charge is 2.34. The number of carbonyl (C=O) groups is 1. The van der Waals surface area contributed by atoms with E-state index in [9.17, 15) is 13.6 Å². The molecular weight excluding hydrogens is 432 g/mol. The molecular formula is C23H21F2N5O3. The van der Waals surface area contributed by atoms with Crippen molar-refractivity contribution >= 4 is 11.6 Å². The van der Waals surface area contributed by atoms with Crippen LogP contribution in [0.25, 0.3) is 16.9 Å². The SMILES string of the molecule is COc1ccccc1-c1cc(C(F)F)n2ncc(C(=O)N3CCC[C@H]3c3cc(C)on3)c2n1. The van der Waals surface area contributed by atoms with Crippen LogP contribution < -0.4 is 4.74 Å². The Labute approximate surface area is 187 Å². The van der Waals surface area contributed by atoms with Gasteiger partial charge in [-0.1, -0.05) is 17.3 Å². The third kappa shape index (κ3) is 3.61. The molecule has 1 amide bonds. The van der Waals surface area contributed by atoms with Gasteiger partial charge in [0.15, 0.2) is 5.65 Å². The Hall–Kier alpha value is -3.82. The summed E-state index contributed by atoms with van der Waals surface area (Å²) in [5.74, 6) is 0.811. The third-order valence-electron chi connectivity index (χ3n) is 5.84. The number of hydrogen-bond acceptors (Lipinski definition) is 6. The average molecular weight is 453 g/mol. The molecule has 170 valence electrons. The van der Waals surface area contributed by atoms with Gasteiger partial charge in [0, 0.05) is 18.2 Å². The van der Waals surface area contributed by atoms with E-state index in [1.54, 1.807) is 42.2 Å². The molecule has 1 atom stereocenters. The normalized spacial score (nSPS) is 16.2. The number of benzene rings is 1. The molecule has 5 rings (SSSR count). The van der Waals surface area contributed by atoms with Crippen molar-refractivity contribution in [1.29, 1.82) is 0 Å². The molecule has 1 saturated heterocycles. The number of likely N-dealkylation sites (tertiary alicyclic amines) is 1. The summed E-state index contributed by atoms with van der Waals surface area (Å²) in [6, 6.07) is 9.82. The van der Waals surface area contributed by atoms with Gasteiger partial charge >= 0.3 is 0 Å². The van der Waals surface area contributed by atoms with Gasteiger partial charge in [-0.3, -0.25) is 4.79 Å². The van der Waals surface area contributed by atoms with E-state index in [0.29, 0.717) is 29.3 Å². The molecule has 0 unspecified atom stereocenters. The van der Waals surface area contributed by atoms with E-state index in [1.807, 2.05) is 0 Å². The average Bonchev–Trinajstić information content (AvgIpc) is 3.57. The first-order chi connectivity index (χ1) is 16.0. The van der Waals surface area contributed by atoms with Gasteiger partial charge in [0.05, 0.1) is 25.0 Å². The van der Waals surface area contributed by atoms with Gasteiger partial charge in [-0.2, -0.15) is 5.10 Å². The fourth-order valence-electron chi connectivity index (χ4n) is 4.30. The van der Waals surface area contributed by atoms with Gasteiger partial charge < -0.3 is 14.2 Å². The monoisotopic (exact) mass is 453 g/mol. The summed E-state index contributed by atoms with van der Waals surface area (Å²) in [7, 11) is 1.50. The second-order valence-electron chi connectivity index (χ2n) is 7.88. The number of amides is 1. The lowest BCUT2D eigenvalue weighted by Gasteiger charge is -2.22. The molecule has 3 aromatic heterocycles. The fourth-order valence-corrected chi connectivity index (χ4v) is 4.30. The minimum Gasteiger partial charge on any atom is -0.496 e. The number of alkyl halides is 2. The van der Waals surface area contributed by atoms with Crippen molar-refractivity contribution in [2.45, 2.75) is 32.2 Å². The largest absolute Gasteiger partial charge is 0.496 e. The van der Waals surface area contributed by atoms with Crippen LogP contribution in [0.5, 0.6) is 5.75 Å². The Morgan fingerprint density at radius 2 is 2.09 bits per heavy atom. The minimum atomic E-state index is -2.82. The highest BCUT2D eigenvalue weighted by Crippen LogP contribution is 2.35. The fraction of sp³-hybridized carbons (Fsp3) is 0.304. The first kappa shape index (κ1) is 21.0. The second-order valence-corrected chi connectivity index (χ2v) is 7.88. The van der Waals surface area contributed by atoms with E-state index in [2.05, 4.69) is 15.2 Å². The standard InChI is InChI=1S/C23H21F2N5O3/c1-13-10-17(28-33-13)18-7-5-9-29(18)23(31)15-12-26-30-19(21(24)25)11-16(27-22(15)30)14-6-3-4-8-20(14)32-2/h3-4,6,8,10-12,18,21H,5,7,9H2,1-2H3/t18-/m0/s1. The summed E-state index contributed by atoms with van der Waals surface area (Å²) >= 11 is 0. The van der Waals surface area contributed by atoms with Crippen LogP contribution in [-0.2, 0) is 0 Å². The van der Waals surface area contributed by atoms with Crippen molar-refractivity contribution in [2.24, 2.45) is 0 Å². The zero-order chi connectivity index (χ0) is 23.1. The zero-order valence-corrected chi connectivity index (χ0v) is 18.0. The lowest BCUT2D eigenvalue weighted by atomic mass is 10.1. The van der Waals surface area contributed by atoms with Crippen molar-refractivity contribution in [1.82, 2.24) is 24.7 Å². The Balaban J connectivity index is 1.62. The number of nitrogens with zero attached hydrogens (tertiary/aromatic N) is 5. The number of aryl methyl sites for hydroxylation is 1. The Morgan fingerprint density at radius 3 is 2.82 bits per heavy atom. The van der Waals surface area contributed by atoms with E-state index in [4.69, 9.17) is 9.26 Å². The molecule has 0 spiro atoms. The maximum Gasteiger partial charge on any atom is 0.280 e. The summed E-state index contributed by atoms with van der Waals surface area (Å²) in [4.78, 5) is 19.8. The number of hydrogen-bond donors (Lipinski definition) is 0. The molecule has 4 aromatic rings. The van der Waals surface area contributed by atoms with Gasteiger partial charge in [0.2, 0.25) is 0 Å². The topological polar surface area (TPSA) is 85.8 Å².